The van der Waals surface area contributed by atoms with Crippen LogP contribution in [0, 0.1) is 11.6 Å². The van der Waals surface area contributed by atoms with Crippen LogP contribution in [0.25, 0.3) is 11.1 Å². The maximum absolute atomic E-state index is 14.6. The Labute approximate surface area is 149 Å². The topological polar surface area (TPSA) is 80.8 Å². The highest BCUT2D eigenvalue weighted by Crippen LogP contribution is 2.37. The smallest absolute Gasteiger partial charge is 0.265 e. The van der Waals surface area contributed by atoms with Crippen molar-refractivity contribution in [2.24, 2.45) is 10.7 Å². The average molecular weight is 360 g/mol. The Hall–Kier alpha value is -2.87. The van der Waals surface area contributed by atoms with Gasteiger partial charge < -0.3 is 15.4 Å². The first-order valence-corrected chi connectivity index (χ1v) is 7.84. The number of benzene rings is 1. The highest BCUT2D eigenvalue weighted by Gasteiger charge is 2.42. The summed E-state index contributed by atoms with van der Waals surface area (Å²) in [4.78, 5) is 21.2. The molecule has 1 aromatic heterocycles. The van der Waals surface area contributed by atoms with E-state index in [-0.39, 0.29) is 17.0 Å². The summed E-state index contributed by atoms with van der Waals surface area (Å²) in [5.41, 5.74) is 5.50. The van der Waals surface area contributed by atoms with Crippen LogP contribution in [-0.2, 0) is 10.3 Å². The number of aromatic nitrogens is 1. The molecule has 0 aliphatic carbocycles. The maximum Gasteiger partial charge on any atom is 0.265 e. The van der Waals surface area contributed by atoms with Gasteiger partial charge in [-0.3, -0.25) is 14.8 Å². The zero-order valence-electron chi connectivity index (χ0n) is 14.5. The van der Waals surface area contributed by atoms with E-state index in [1.165, 1.54) is 37.5 Å². The number of halogens is 2. The van der Waals surface area contributed by atoms with Crippen molar-refractivity contribution in [3.8, 4) is 16.9 Å². The molecule has 0 radical (unpaired) electrons. The van der Waals surface area contributed by atoms with Gasteiger partial charge in [0.25, 0.3) is 5.91 Å². The maximum atomic E-state index is 14.6. The van der Waals surface area contributed by atoms with E-state index in [2.05, 4.69) is 9.98 Å². The molecule has 2 N–H and O–H groups in total. The fraction of sp³-hybridized carbons (Fsp3) is 0.278. The van der Waals surface area contributed by atoms with Gasteiger partial charge in [-0.05, 0) is 19.1 Å². The van der Waals surface area contributed by atoms with Gasteiger partial charge in [0.15, 0.2) is 0 Å². The average Bonchev–Trinajstić information content (AvgIpc) is 2.63. The minimum absolute atomic E-state index is 0.0832. The number of pyridine rings is 1. The molecule has 2 aromatic rings. The van der Waals surface area contributed by atoms with Gasteiger partial charge in [-0.25, -0.2) is 8.78 Å². The van der Waals surface area contributed by atoms with E-state index >= 15 is 0 Å². The number of ether oxygens (including phenoxy) is 1. The molecule has 0 saturated heterocycles. The molecule has 0 fully saturated rings. The van der Waals surface area contributed by atoms with Crippen molar-refractivity contribution in [2.45, 2.75) is 18.6 Å². The summed E-state index contributed by atoms with van der Waals surface area (Å²) in [7, 11) is 2.97. The predicted octanol–water partition coefficient (Wildman–Crippen LogP) is 2.08. The summed E-state index contributed by atoms with van der Waals surface area (Å²) in [6.45, 7) is 1.60. The second kappa shape index (κ2) is 6.45. The molecule has 0 spiro atoms. The molecule has 1 amide bonds. The molecule has 0 bridgehead atoms. The number of aliphatic imine (C=N–C) groups is 1. The number of carbonyl (C=O) groups is 1. The highest BCUT2D eigenvalue weighted by molar-refractivity contribution is 6.26. The number of rotatable bonds is 3. The number of methoxy groups -OCH3 is 1. The van der Waals surface area contributed by atoms with Crippen molar-refractivity contribution in [2.75, 3.05) is 14.2 Å². The van der Waals surface area contributed by atoms with Gasteiger partial charge in [-0.15, -0.1) is 0 Å². The standard InChI is InChI=1S/C18H18F2N4O2/c1-18(17(21)24(2)16(25)9-23-18)13-5-12(14(19)6-15(13)20)10-4-11(26-3)8-22-7-10/h4-9,17H,21H2,1-3H3. The molecule has 2 heterocycles. The van der Waals surface area contributed by atoms with E-state index in [4.69, 9.17) is 10.5 Å². The summed E-state index contributed by atoms with van der Waals surface area (Å²) in [6, 6.07) is 3.73. The molecule has 0 saturated carbocycles. The van der Waals surface area contributed by atoms with Crippen LogP contribution >= 0.6 is 0 Å². The Kier molecular flexibility index (Phi) is 4.45. The van der Waals surface area contributed by atoms with Crippen molar-refractivity contribution in [3.05, 3.63) is 47.8 Å². The summed E-state index contributed by atoms with van der Waals surface area (Å²) in [5.74, 6) is -1.48. The summed E-state index contributed by atoms with van der Waals surface area (Å²) in [5, 5.41) is 0. The van der Waals surface area contributed by atoms with Crippen molar-refractivity contribution in [1.82, 2.24) is 9.88 Å². The molecule has 2 atom stereocenters. The van der Waals surface area contributed by atoms with Gasteiger partial charge in [0.2, 0.25) is 0 Å². The SMILES string of the molecule is COc1cncc(-c2cc(C3(C)N=CC(=O)N(C)C3N)c(F)cc2F)c1. The Morgan fingerprint density at radius 3 is 2.65 bits per heavy atom. The lowest BCUT2D eigenvalue weighted by atomic mass is 9.85. The van der Waals surface area contributed by atoms with Gasteiger partial charge in [0.05, 0.1) is 19.5 Å². The van der Waals surface area contributed by atoms with Gasteiger partial charge in [-0.2, -0.15) is 0 Å². The monoisotopic (exact) mass is 360 g/mol. The zero-order valence-corrected chi connectivity index (χ0v) is 14.5. The van der Waals surface area contributed by atoms with Crippen molar-refractivity contribution in [3.63, 3.8) is 0 Å². The van der Waals surface area contributed by atoms with E-state index in [1.807, 2.05) is 0 Å². The van der Waals surface area contributed by atoms with E-state index in [9.17, 15) is 13.6 Å². The Morgan fingerprint density at radius 2 is 1.96 bits per heavy atom. The summed E-state index contributed by atoms with van der Waals surface area (Å²) < 4.78 is 34.1. The number of hydrogen-bond acceptors (Lipinski definition) is 5. The minimum atomic E-state index is -1.26. The normalized spacial score (nSPS) is 22.6. The number of likely N-dealkylation sites (N-methyl/N-ethyl adjacent to an activating group) is 1. The van der Waals surface area contributed by atoms with E-state index in [1.54, 1.807) is 13.0 Å². The lowest BCUT2D eigenvalue weighted by Gasteiger charge is -2.40. The molecule has 1 aromatic carbocycles. The molecule has 8 heteroatoms. The number of carbonyl (C=O) groups excluding carboxylic acids is 1. The predicted molar refractivity (Wildman–Crippen MR) is 92.7 cm³/mol. The van der Waals surface area contributed by atoms with Gasteiger partial charge in [0, 0.05) is 36.0 Å². The van der Waals surface area contributed by atoms with Crippen LogP contribution in [0.4, 0.5) is 8.78 Å². The molecule has 2 unspecified atom stereocenters. The van der Waals surface area contributed by atoms with Crippen molar-refractivity contribution >= 4 is 12.1 Å². The second-order valence-electron chi connectivity index (χ2n) is 6.23. The van der Waals surface area contributed by atoms with Crippen LogP contribution in [0.1, 0.15) is 12.5 Å². The number of amides is 1. The number of nitrogens with two attached hydrogens (primary N) is 1. The molecule has 3 rings (SSSR count). The van der Waals surface area contributed by atoms with Crippen LogP contribution in [0.3, 0.4) is 0 Å². The third kappa shape index (κ3) is 2.82. The molecular weight excluding hydrogens is 342 g/mol. The van der Waals surface area contributed by atoms with E-state index < -0.39 is 23.3 Å². The Bertz CT molecular complexity index is 903. The van der Waals surface area contributed by atoms with E-state index in [0.29, 0.717) is 11.3 Å². The first-order valence-electron chi connectivity index (χ1n) is 7.84. The lowest BCUT2D eigenvalue weighted by molar-refractivity contribution is -0.126. The van der Waals surface area contributed by atoms with Crippen LogP contribution in [0.2, 0.25) is 0 Å². The van der Waals surface area contributed by atoms with Gasteiger partial charge in [0.1, 0.15) is 29.1 Å². The fourth-order valence-corrected chi connectivity index (χ4v) is 2.94. The van der Waals surface area contributed by atoms with Gasteiger partial charge in [-0.1, -0.05) is 0 Å². The molecule has 136 valence electrons. The van der Waals surface area contributed by atoms with E-state index in [0.717, 1.165) is 12.3 Å². The fourth-order valence-electron chi connectivity index (χ4n) is 2.94. The van der Waals surface area contributed by atoms with Crippen LogP contribution in [0.15, 0.2) is 35.6 Å². The third-order valence-electron chi connectivity index (χ3n) is 4.65. The van der Waals surface area contributed by atoms with Crippen molar-refractivity contribution < 1.29 is 18.3 Å². The second-order valence-corrected chi connectivity index (χ2v) is 6.23. The summed E-state index contributed by atoms with van der Waals surface area (Å²) >= 11 is 0. The number of hydrogen-bond donors (Lipinski definition) is 1. The van der Waals surface area contributed by atoms with Gasteiger partial charge >= 0.3 is 0 Å². The first kappa shape index (κ1) is 17.9. The zero-order chi connectivity index (χ0) is 19.1. The first-order chi connectivity index (χ1) is 12.3. The lowest BCUT2D eigenvalue weighted by Crippen LogP contribution is -2.58. The Morgan fingerprint density at radius 1 is 1.23 bits per heavy atom. The minimum Gasteiger partial charge on any atom is -0.495 e. The molecule has 1 aliphatic heterocycles. The molecule has 26 heavy (non-hydrogen) atoms. The molecule has 1 aliphatic rings. The molecular formula is C18H18F2N4O2. The van der Waals surface area contributed by atoms with Crippen LogP contribution in [-0.4, -0.2) is 42.3 Å². The Balaban J connectivity index is 2.18. The quantitative estimate of drug-likeness (QED) is 0.909. The number of nitrogens with zero attached hydrogens (tertiary/aromatic N) is 3. The third-order valence-corrected chi connectivity index (χ3v) is 4.65. The largest absolute Gasteiger partial charge is 0.495 e. The van der Waals surface area contributed by atoms with Crippen LogP contribution in [0.5, 0.6) is 5.75 Å². The van der Waals surface area contributed by atoms with Crippen LogP contribution < -0.4 is 10.5 Å². The van der Waals surface area contributed by atoms with Crippen molar-refractivity contribution in [1.29, 1.82) is 0 Å². The molecule has 6 nitrogen and oxygen atoms in total. The highest BCUT2D eigenvalue weighted by atomic mass is 19.1. The summed E-state index contributed by atoms with van der Waals surface area (Å²) in [6.07, 6.45) is 3.12.